The maximum Gasteiger partial charge on any atom is 0.0900 e. The van der Waals surface area contributed by atoms with Crippen molar-refractivity contribution in [2.45, 2.75) is 66.0 Å². The zero-order chi connectivity index (χ0) is 12.5. The molecule has 0 saturated heterocycles. The molecule has 1 aliphatic rings. The summed E-state index contributed by atoms with van der Waals surface area (Å²) in [4.78, 5) is 5.89. The van der Waals surface area contributed by atoms with Gasteiger partial charge in [0.05, 0.1) is 10.7 Å². The lowest BCUT2D eigenvalue weighted by Crippen LogP contribution is -2.36. The molecule has 1 heterocycles. The standard InChI is InChI=1S/C14H24N2S/c1-10-13(17-11(2)16-10)9-15-12-6-5-7-14(3,4)8-12/h12,15H,5-9H2,1-4H3. The maximum atomic E-state index is 4.48. The second-order valence-electron chi connectivity index (χ2n) is 6.08. The van der Waals surface area contributed by atoms with Crippen molar-refractivity contribution in [3.05, 3.63) is 15.6 Å². The fraction of sp³-hybridized carbons (Fsp3) is 0.786. The summed E-state index contributed by atoms with van der Waals surface area (Å²) < 4.78 is 0. The SMILES string of the molecule is Cc1nc(C)c(CNC2CCCC(C)(C)C2)s1. The van der Waals surface area contributed by atoms with E-state index in [1.165, 1.54) is 41.3 Å². The van der Waals surface area contributed by atoms with Gasteiger partial charge < -0.3 is 5.32 Å². The number of nitrogens with zero attached hydrogens (tertiary/aromatic N) is 1. The Morgan fingerprint density at radius 1 is 1.41 bits per heavy atom. The number of nitrogens with one attached hydrogen (secondary N) is 1. The number of aromatic nitrogens is 1. The van der Waals surface area contributed by atoms with E-state index in [1.54, 1.807) is 0 Å². The third-order valence-corrected chi connectivity index (χ3v) is 4.83. The van der Waals surface area contributed by atoms with E-state index in [9.17, 15) is 0 Å². The molecule has 0 spiro atoms. The van der Waals surface area contributed by atoms with Crippen LogP contribution in [0.1, 0.15) is 55.1 Å². The van der Waals surface area contributed by atoms with Crippen molar-refractivity contribution < 1.29 is 0 Å². The first-order valence-corrected chi connectivity index (χ1v) is 7.44. The van der Waals surface area contributed by atoms with Crippen LogP contribution >= 0.6 is 11.3 Å². The van der Waals surface area contributed by atoms with E-state index in [0.717, 1.165) is 6.54 Å². The molecule has 0 radical (unpaired) electrons. The zero-order valence-corrected chi connectivity index (χ0v) is 12.3. The van der Waals surface area contributed by atoms with E-state index in [4.69, 9.17) is 0 Å². The van der Waals surface area contributed by atoms with Crippen LogP contribution in [0.5, 0.6) is 0 Å². The van der Waals surface area contributed by atoms with Crippen LogP contribution in [0.3, 0.4) is 0 Å². The van der Waals surface area contributed by atoms with Gasteiger partial charge in [-0.05, 0) is 38.5 Å². The van der Waals surface area contributed by atoms with Gasteiger partial charge in [0.1, 0.15) is 0 Å². The second kappa shape index (κ2) is 5.07. The molecule has 1 N–H and O–H groups in total. The van der Waals surface area contributed by atoms with E-state index in [1.807, 2.05) is 11.3 Å². The summed E-state index contributed by atoms with van der Waals surface area (Å²) in [5.41, 5.74) is 1.73. The molecule has 96 valence electrons. The predicted octanol–water partition coefficient (Wildman–Crippen LogP) is 3.82. The van der Waals surface area contributed by atoms with E-state index >= 15 is 0 Å². The molecule has 2 rings (SSSR count). The summed E-state index contributed by atoms with van der Waals surface area (Å²) in [6.45, 7) is 9.99. The molecular formula is C14H24N2S. The number of thiazole rings is 1. The number of aryl methyl sites for hydroxylation is 2. The molecule has 1 unspecified atom stereocenters. The Morgan fingerprint density at radius 2 is 2.18 bits per heavy atom. The van der Waals surface area contributed by atoms with E-state index < -0.39 is 0 Å². The Bertz CT molecular complexity index is 382. The van der Waals surface area contributed by atoms with Gasteiger partial charge in [0.15, 0.2) is 0 Å². The normalized spacial score (nSPS) is 23.9. The predicted molar refractivity (Wildman–Crippen MR) is 74.5 cm³/mol. The summed E-state index contributed by atoms with van der Waals surface area (Å²) in [5, 5.41) is 4.90. The molecule has 3 heteroatoms. The van der Waals surface area contributed by atoms with Crippen molar-refractivity contribution in [1.82, 2.24) is 10.3 Å². The van der Waals surface area contributed by atoms with Crippen molar-refractivity contribution in [2.24, 2.45) is 5.41 Å². The average Bonchev–Trinajstić information content (AvgIpc) is 2.53. The molecule has 1 atom stereocenters. The molecule has 1 aromatic rings. The minimum absolute atomic E-state index is 0.522. The van der Waals surface area contributed by atoms with Crippen LogP contribution in [-0.2, 0) is 6.54 Å². The summed E-state index contributed by atoms with van der Waals surface area (Å²) in [6, 6.07) is 0.695. The van der Waals surface area contributed by atoms with Crippen LogP contribution in [0.4, 0.5) is 0 Å². The Hall–Kier alpha value is -0.410. The zero-order valence-electron chi connectivity index (χ0n) is 11.5. The highest BCUT2D eigenvalue weighted by Crippen LogP contribution is 2.35. The Kier molecular flexibility index (Phi) is 3.88. The van der Waals surface area contributed by atoms with Crippen molar-refractivity contribution in [2.75, 3.05) is 0 Å². The molecule has 0 aliphatic heterocycles. The number of hydrogen-bond acceptors (Lipinski definition) is 3. The average molecular weight is 252 g/mol. The van der Waals surface area contributed by atoms with Crippen LogP contribution in [-0.4, -0.2) is 11.0 Å². The molecule has 1 fully saturated rings. The first-order chi connectivity index (χ1) is 7.96. The van der Waals surface area contributed by atoms with Crippen LogP contribution in [0.25, 0.3) is 0 Å². The Morgan fingerprint density at radius 3 is 2.76 bits per heavy atom. The third kappa shape index (κ3) is 3.52. The van der Waals surface area contributed by atoms with E-state index in [-0.39, 0.29) is 0 Å². The molecule has 1 saturated carbocycles. The molecule has 1 aliphatic carbocycles. The highest BCUT2D eigenvalue weighted by Gasteiger charge is 2.27. The maximum absolute atomic E-state index is 4.48. The first-order valence-electron chi connectivity index (χ1n) is 6.62. The minimum Gasteiger partial charge on any atom is -0.309 e. The summed E-state index contributed by atoms with van der Waals surface area (Å²) in [6.07, 6.45) is 5.39. The van der Waals surface area contributed by atoms with Gasteiger partial charge in [0.25, 0.3) is 0 Å². The van der Waals surface area contributed by atoms with Gasteiger partial charge in [-0.3, -0.25) is 0 Å². The summed E-state index contributed by atoms with van der Waals surface area (Å²) in [7, 11) is 0. The van der Waals surface area contributed by atoms with Gasteiger partial charge in [-0.25, -0.2) is 4.98 Å². The lowest BCUT2D eigenvalue weighted by atomic mass is 9.75. The topological polar surface area (TPSA) is 24.9 Å². The summed E-state index contributed by atoms with van der Waals surface area (Å²) >= 11 is 1.83. The Balaban J connectivity index is 1.88. The van der Waals surface area contributed by atoms with E-state index in [0.29, 0.717) is 11.5 Å². The van der Waals surface area contributed by atoms with Crippen LogP contribution < -0.4 is 5.32 Å². The van der Waals surface area contributed by atoms with Crippen LogP contribution in [0.15, 0.2) is 0 Å². The fourth-order valence-electron chi connectivity index (χ4n) is 2.85. The van der Waals surface area contributed by atoms with Crippen molar-refractivity contribution >= 4 is 11.3 Å². The fourth-order valence-corrected chi connectivity index (χ4v) is 3.73. The van der Waals surface area contributed by atoms with E-state index in [2.05, 4.69) is 38.0 Å². The highest BCUT2D eigenvalue weighted by atomic mass is 32.1. The molecule has 0 aromatic carbocycles. The number of rotatable bonds is 3. The Labute approximate surface area is 109 Å². The lowest BCUT2D eigenvalue weighted by molar-refractivity contribution is 0.198. The minimum atomic E-state index is 0.522. The molecular weight excluding hydrogens is 228 g/mol. The monoisotopic (exact) mass is 252 g/mol. The van der Waals surface area contributed by atoms with Gasteiger partial charge in [-0.2, -0.15) is 0 Å². The lowest BCUT2D eigenvalue weighted by Gasteiger charge is -2.35. The quantitative estimate of drug-likeness (QED) is 0.884. The van der Waals surface area contributed by atoms with Crippen LogP contribution in [0, 0.1) is 19.3 Å². The van der Waals surface area contributed by atoms with Gasteiger partial charge in [-0.15, -0.1) is 11.3 Å². The third-order valence-electron chi connectivity index (χ3n) is 3.76. The van der Waals surface area contributed by atoms with Gasteiger partial charge >= 0.3 is 0 Å². The highest BCUT2D eigenvalue weighted by molar-refractivity contribution is 7.11. The van der Waals surface area contributed by atoms with Crippen LogP contribution in [0.2, 0.25) is 0 Å². The van der Waals surface area contributed by atoms with Gasteiger partial charge in [0.2, 0.25) is 0 Å². The van der Waals surface area contributed by atoms with Crippen molar-refractivity contribution in [1.29, 1.82) is 0 Å². The molecule has 17 heavy (non-hydrogen) atoms. The summed E-state index contributed by atoms with van der Waals surface area (Å²) in [5.74, 6) is 0. The molecule has 0 amide bonds. The largest absolute Gasteiger partial charge is 0.309 e. The molecule has 2 nitrogen and oxygen atoms in total. The number of hydrogen-bond donors (Lipinski definition) is 1. The van der Waals surface area contributed by atoms with Gasteiger partial charge in [0, 0.05) is 17.5 Å². The second-order valence-corrected chi connectivity index (χ2v) is 7.37. The molecule has 1 aromatic heterocycles. The smallest absolute Gasteiger partial charge is 0.0900 e. The van der Waals surface area contributed by atoms with Gasteiger partial charge in [-0.1, -0.05) is 20.3 Å². The van der Waals surface area contributed by atoms with Crippen molar-refractivity contribution in [3.8, 4) is 0 Å². The van der Waals surface area contributed by atoms with Crippen molar-refractivity contribution in [3.63, 3.8) is 0 Å². The molecule has 0 bridgehead atoms. The first kappa shape index (κ1) is 13.0.